The lowest BCUT2D eigenvalue weighted by molar-refractivity contribution is -0.178. The van der Waals surface area contributed by atoms with E-state index in [1.807, 2.05) is 13.8 Å². The number of hydrogen-bond acceptors (Lipinski definition) is 13. The summed E-state index contributed by atoms with van der Waals surface area (Å²) in [5, 5.41) is 6.85. The van der Waals surface area contributed by atoms with Crippen LogP contribution in [0.25, 0.3) is 5.52 Å². The van der Waals surface area contributed by atoms with Crippen molar-refractivity contribution in [1.29, 1.82) is 0 Å². The van der Waals surface area contributed by atoms with E-state index in [9.17, 15) is 18.9 Å². The first-order valence-electron chi connectivity index (χ1n) is 17.3. The van der Waals surface area contributed by atoms with Crippen LogP contribution in [-0.2, 0) is 42.4 Å². The molecule has 1 fully saturated rings. The van der Waals surface area contributed by atoms with Crippen molar-refractivity contribution in [2.45, 2.75) is 91.3 Å². The number of carbonyl (C=O) groups is 3. The third-order valence-corrected chi connectivity index (χ3v) is 10.3. The number of hydrogen-bond donors (Lipinski definition) is 2. The van der Waals surface area contributed by atoms with Gasteiger partial charge in [-0.3, -0.25) is 18.9 Å². The van der Waals surface area contributed by atoms with Crippen LogP contribution >= 0.6 is 7.75 Å². The van der Waals surface area contributed by atoms with Gasteiger partial charge in [0.05, 0.1) is 30.7 Å². The van der Waals surface area contributed by atoms with E-state index in [1.165, 1.54) is 29.9 Å². The molecular formula is C35H49FN5O10P. The number of alkyl halides is 1. The monoisotopic (exact) mass is 749 g/mol. The summed E-state index contributed by atoms with van der Waals surface area (Å²) in [7, 11) is -4.58. The maximum Gasteiger partial charge on any atom is 0.459 e. The molecule has 1 aromatic carbocycles. The maximum atomic E-state index is 15.7. The first kappa shape index (κ1) is 40.7. The molecule has 0 spiro atoms. The van der Waals surface area contributed by atoms with Crippen LogP contribution in [-0.4, -0.2) is 76.2 Å². The SMILES string of the molecule is CCC(CC)COC(=O)[C@H](C)NP(=O)(OC[C@@]1(CF)O[C@@H](c2ccc3c(N)ncnn23)[C@H](OC(=O)C(C)C)[C@@H]1OC(=O)C(C)C)Oc1ccccc1. The van der Waals surface area contributed by atoms with E-state index in [0.717, 1.165) is 12.8 Å². The quantitative estimate of drug-likeness (QED) is 0.0956. The number of nitrogens with two attached hydrogens (primary N) is 1. The van der Waals surface area contributed by atoms with Gasteiger partial charge in [0.25, 0.3) is 0 Å². The van der Waals surface area contributed by atoms with Gasteiger partial charge in [-0.05, 0) is 37.1 Å². The highest BCUT2D eigenvalue weighted by Gasteiger charge is 2.62. The second kappa shape index (κ2) is 17.6. The zero-order chi connectivity index (χ0) is 38.2. The smallest absolute Gasteiger partial charge is 0.459 e. The molecule has 1 aliphatic heterocycles. The standard InChI is InChI=1S/C35H49FN5O10P/c1-8-24(9-2)17-46-34(44)23(7)40-52(45,51-25-13-11-10-12-14-25)47-19-35(18-36)30(49-33(43)22(5)6)29(48-32(42)21(3)4)28(50-35)26-15-16-27-31(37)38-20-39-41(26)27/h10-16,20-24,28-30H,8-9,17-19H2,1-7H3,(H,40,45)(H2,37,38,39)/t23-,28-,29-,30-,35+,52?/m0/s1. The first-order valence-corrected chi connectivity index (χ1v) is 18.9. The molecule has 3 heterocycles. The van der Waals surface area contributed by atoms with Crippen LogP contribution in [0.4, 0.5) is 10.2 Å². The van der Waals surface area contributed by atoms with Gasteiger partial charge >= 0.3 is 25.7 Å². The molecule has 15 nitrogen and oxygen atoms in total. The number of anilines is 1. The summed E-state index contributed by atoms with van der Waals surface area (Å²) >= 11 is 0. The number of nitrogens with one attached hydrogen (secondary N) is 1. The molecule has 0 amide bonds. The lowest BCUT2D eigenvalue weighted by Crippen LogP contribution is -2.52. The molecule has 6 atom stereocenters. The van der Waals surface area contributed by atoms with E-state index in [1.54, 1.807) is 58.0 Å². The molecule has 1 saturated heterocycles. The molecule has 1 aliphatic rings. The number of nitrogen functional groups attached to an aromatic ring is 1. The number of benzene rings is 1. The fourth-order valence-corrected chi connectivity index (χ4v) is 6.95. The summed E-state index contributed by atoms with van der Waals surface area (Å²) in [6.07, 6.45) is -1.56. The summed E-state index contributed by atoms with van der Waals surface area (Å²) in [6.45, 7) is 9.69. The van der Waals surface area contributed by atoms with Gasteiger partial charge in [0.2, 0.25) is 0 Å². The molecule has 0 aliphatic carbocycles. The predicted octanol–water partition coefficient (Wildman–Crippen LogP) is 5.39. The van der Waals surface area contributed by atoms with Crippen molar-refractivity contribution in [1.82, 2.24) is 19.7 Å². The van der Waals surface area contributed by atoms with Gasteiger partial charge in [0, 0.05) is 0 Å². The topological polar surface area (TPSA) is 192 Å². The molecule has 4 rings (SSSR count). The van der Waals surface area contributed by atoms with Gasteiger partial charge in [-0.15, -0.1) is 0 Å². The van der Waals surface area contributed by atoms with Gasteiger partial charge in [0.15, 0.2) is 23.6 Å². The van der Waals surface area contributed by atoms with Crippen LogP contribution in [0.5, 0.6) is 5.75 Å². The van der Waals surface area contributed by atoms with Crippen LogP contribution in [0.15, 0.2) is 48.8 Å². The minimum Gasteiger partial charge on any atom is -0.464 e. The molecule has 0 bridgehead atoms. The highest BCUT2D eigenvalue weighted by molar-refractivity contribution is 7.52. The predicted molar refractivity (Wildman–Crippen MR) is 188 cm³/mol. The molecule has 52 heavy (non-hydrogen) atoms. The van der Waals surface area contributed by atoms with Crippen LogP contribution in [0.1, 0.15) is 73.1 Å². The van der Waals surface area contributed by atoms with Crippen molar-refractivity contribution in [2.75, 3.05) is 25.6 Å². The fourth-order valence-electron chi connectivity index (χ4n) is 5.40. The zero-order valence-corrected chi connectivity index (χ0v) is 31.4. The van der Waals surface area contributed by atoms with E-state index in [2.05, 4.69) is 15.2 Å². The molecule has 3 N–H and O–H groups in total. The Bertz CT molecular complexity index is 1720. The lowest BCUT2D eigenvalue weighted by atomic mass is 9.95. The van der Waals surface area contributed by atoms with Gasteiger partial charge in [-0.1, -0.05) is 72.6 Å². The Labute approximate surface area is 302 Å². The summed E-state index contributed by atoms with van der Waals surface area (Å²) in [4.78, 5) is 43.3. The lowest BCUT2D eigenvalue weighted by Gasteiger charge is -2.34. The van der Waals surface area contributed by atoms with Crippen molar-refractivity contribution < 1.29 is 51.3 Å². The molecule has 2 aromatic heterocycles. The van der Waals surface area contributed by atoms with Crippen molar-refractivity contribution >= 4 is 37.0 Å². The summed E-state index contributed by atoms with van der Waals surface area (Å²) < 4.78 is 67.0. The average Bonchev–Trinajstić information content (AvgIpc) is 3.68. The zero-order valence-electron chi connectivity index (χ0n) is 30.5. The minimum absolute atomic E-state index is 0.110. The van der Waals surface area contributed by atoms with Crippen molar-refractivity contribution in [3.63, 3.8) is 0 Å². The highest BCUT2D eigenvalue weighted by Crippen LogP contribution is 2.50. The molecule has 0 radical (unpaired) electrons. The van der Waals surface area contributed by atoms with Crippen LogP contribution in [0.2, 0.25) is 0 Å². The summed E-state index contributed by atoms with van der Waals surface area (Å²) in [6, 6.07) is 9.99. The van der Waals surface area contributed by atoms with E-state index in [-0.39, 0.29) is 29.8 Å². The summed E-state index contributed by atoms with van der Waals surface area (Å²) in [5.41, 5.74) is 4.49. The Morgan fingerprint density at radius 2 is 1.65 bits per heavy atom. The molecule has 0 saturated carbocycles. The van der Waals surface area contributed by atoms with E-state index in [0.29, 0.717) is 5.52 Å². The molecule has 1 unspecified atom stereocenters. The van der Waals surface area contributed by atoms with Gasteiger partial charge in [-0.25, -0.2) is 18.5 Å². The van der Waals surface area contributed by atoms with E-state index >= 15 is 4.39 Å². The Balaban J connectivity index is 1.75. The number of carbonyl (C=O) groups excluding carboxylic acids is 3. The first-order chi connectivity index (χ1) is 24.7. The molecule has 17 heteroatoms. The van der Waals surface area contributed by atoms with Crippen molar-refractivity contribution in [3.05, 3.63) is 54.5 Å². The van der Waals surface area contributed by atoms with E-state index in [4.69, 9.17) is 33.7 Å². The maximum absolute atomic E-state index is 15.7. The van der Waals surface area contributed by atoms with Crippen molar-refractivity contribution in [3.8, 4) is 5.75 Å². The Morgan fingerprint density at radius 3 is 2.27 bits per heavy atom. The number of ether oxygens (including phenoxy) is 4. The van der Waals surface area contributed by atoms with Gasteiger partial charge < -0.3 is 29.2 Å². The van der Waals surface area contributed by atoms with E-state index < -0.39 is 80.7 Å². The molecule has 3 aromatic rings. The number of fused-ring (bicyclic) bond motifs is 1. The van der Waals surface area contributed by atoms with Crippen LogP contribution in [0, 0.1) is 17.8 Å². The number of rotatable bonds is 18. The number of esters is 3. The van der Waals surface area contributed by atoms with Crippen molar-refractivity contribution in [2.24, 2.45) is 17.8 Å². The number of para-hydroxylation sites is 1. The number of aromatic nitrogens is 3. The molecular weight excluding hydrogens is 700 g/mol. The van der Waals surface area contributed by atoms with Crippen LogP contribution < -0.4 is 15.3 Å². The Kier molecular flexibility index (Phi) is 13.8. The number of halogens is 1. The third kappa shape index (κ3) is 9.46. The highest BCUT2D eigenvalue weighted by atomic mass is 31.2. The van der Waals surface area contributed by atoms with Crippen LogP contribution in [0.3, 0.4) is 0 Å². The average molecular weight is 750 g/mol. The van der Waals surface area contributed by atoms with Gasteiger partial charge in [0.1, 0.15) is 36.4 Å². The second-order valence-electron chi connectivity index (χ2n) is 13.3. The summed E-state index contributed by atoms with van der Waals surface area (Å²) in [5.74, 6) is -3.07. The molecule has 286 valence electrons. The third-order valence-electron chi connectivity index (χ3n) is 8.71. The minimum atomic E-state index is -4.58. The second-order valence-corrected chi connectivity index (χ2v) is 15.0. The fraction of sp³-hybridized carbons (Fsp3) is 0.571. The van der Waals surface area contributed by atoms with Gasteiger partial charge in [-0.2, -0.15) is 10.2 Å². The largest absolute Gasteiger partial charge is 0.464 e. The number of nitrogens with zero attached hydrogens (tertiary/aromatic N) is 3. The Morgan fingerprint density at radius 1 is 1.00 bits per heavy atom. The normalized spacial score (nSPS) is 22.0. The Hall–Kier alpha value is -4.11.